The summed E-state index contributed by atoms with van der Waals surface area (Å²) in [6.45, 7) is 34.4. The van der Waals surface area contributed by atoms with Gasteiger partial charge >= 0.3 is 0 Å². The maximum absolute atomic E-state index is 14.1. The molecule has 5 nitrogen and oxygen atoms in total. The second-order valence-corrected chi connectivity index (χ2v) is 19.1. The predicted octanol–water partition coefficient (Wildman–Crippen LogP) is 16.6. The zero-order chi connectivity index (χ0) is 51.4. The molecule has 0 radical (unpaired) electrons. The molecular weight excluding hydrogens is 899 g/mol. The summed E-state index contributed by atoms with van der Waals surface area (Å²) in [6, 6.07) is 17.1. The van der Waals surface area contributed by atoms with Crippen molar-refractivity contribution < 1.29 is 17.6 Å². The van der Waals surface area contributed by atoms with Crippen molar-refractivity contribution in [1.29, 1.82) is 5.26 Å². The smallest absolute Gasteiger partial charge is 0.165 e. The van der Waals surface area contributed by atoms with Crippen molar-refractivity contribution >= 4 is 32.8 Å². The number of hydrogen-bond donors (Lipinski definition) is 2. The van der Waals surface area contributed by atoms with Crippen LogP contribution in [-0.2, 0) is 19.4 Å². The molecule has 1 aromatic heterocycles. The molecule has 10 heteroatoms. The van der Waals surface area contributed by atoms with Crippen molar-refractivity contribution in [3.63, 3.8) is 0 Å². The van der Waals surface area contributed by atoms with Crippen molar-refractivity contribution in [1.82, 2.24) is 15.1 Å². The number of benzene rings is 3. The topological polar surface area (TPSA) is 54.3 Å². The van der Waals surface area contributed by atoms with Gasteiger partial charge in [0.1, 0.15) is 11.1 Å². The molecule has 1 fully saturated rings. The van der Waals surface area contributed by atoms with Gasteiger partial charge in [0.05, 0.1) is 12.1 Å². The molecule has 2 N–H and O–H groups in total. The van der Waals surface area contributed by atoms with Crippen LogP contribution >= 0.6 is 11.3 Å². The van der Waals surface area contributed by atoms with Gasteiger partial charge in [-0.05, 0) is 120 Å². The molecule has 1 unspecified atom stereocenters. The van der Waals surface area contributed by atoms with Gasteiger partial charge in [-0.2, -0.15) is 5.26 Å². The van der Waals surface area contributed by atoms with E-state index in [1.165, 1.54) is 43.5 Å². The van der Waals surface area contributed by atoms with Crippen LogP contribution in [0.4, 0.5) is 22.6 Å². The highest BCUT2D eigenvalue weighted by atomic mass is 32.1. The molecule has 0 bridgehead atoms. The normalized spacial score (nSPS) is 14.7. The Hall–Kier alpha value is -5.21. The number of nitrogens with zero attached hydrogens (tertiary/aromatic N) is 3. The van der Waals surface area contributed by atoms with Gasteiger partial charge < -0.3 is 20.4 Å². The molecule has 6 rings (SSSR count). The number of nitriles is 1. The first-order valence-electron chi connectivity index (χ1n) is 25.5. The molecule has 4 aromatic rings. The first kappa shape index (κ1) is 59.1. The fourth-order valence-corrected chi connectivity index (χ4v) is 9.54. The average Bonchev–Trinajstić information content (AvgIpc) is 3.73. The highest BCUT2D eigenvalue weighted by Gasteiger charge is 2.27. The maximum Gasteiger partial charge on any atom is 0.165 e. The number of unbranched alkanes of at least 4 members (excludes halogenated alkanes) is 2. The first-order valence-corrected chi connectivity index (χ1v) is 26.3. The van der Waals surface area contributed by atoms with Crippen molar-refractivity contribution in [2.24, 2.45) is 5.92 Å². The summed E-state index contributed by atoms with van der Waals surface area (Å²) in [5.74, 6) is -4.89. The van der Waals surface area contributed by atoms with E-state index in [0.717, 1.165) is 121 Å². The van der Waals surface area contributed by atoms with E-state index >= 15 is 0 Å². The molecule has 70 heavy (non-hydrogen) atoms. The number of thiophene rings is 1. The van der Waals surface area contributed by atoms with E-state index < -0.39 is 28.8 Å². The molecule has 0 aliphatic carbocycles. The van der Waals surface area contributed by atoms with Crippen molar-refractivity contribution in [3.05, 3.63) is 166 Å². The van der Waals surface area contributed by atoms with E-state index in [9.17, 15) is 22.8 Å². The minimum atomic E-state index is -1.39. The third-order valence-electron chi connectivity index (χ3n) is 12.7. The number of rotatable bonds is 20. The Bertz CT molecular complexity index is 2360. The third kappa shape index (κ3) is 18.8. The Morgan fingerprint density at radius 3 is 2.23 bits per heavy atom. The molecule has 0 saturated carbocycles. The summed E-state index contributed by atoms with van der Waals surface area (Å²) in [5, 5.41) is 20.0. The minimum absolute atomic E-state index is 0.160. The molecule has 1 atom stereocenters. The van der Waals surface area contributed by atoms with Gasteiger partial charge in [-0.15, -0.1) is 11.3 Å². The summed E-state index contributed by atoms with van der Waals surface area (Å²) in [6.07, 6.45) is 21.3. The van der Waals surface area contributed by atoms with Crippen molar-refractivity contribution in [3.8, 4) is 6.07 Å². The van der Waals surface area contributed by atoms with Gasteiger partial charge in [-0.3, -0.25) is 0 Å². The van der Waals surface area contributed by atoms with Gasteiger partial charge in [0.15, 0.2) is 23.3 Å². The number of nitrogens with one attached hydrogen (secondary N) is 2. The van der Waals surface area contributed by atoms with Crippen LogP contribution in [0.3, 0.4) is 0 Å². The summed E-state index contributed by atoms with van der Waals surface area (Å²) in [4.78, 5) is 6.10. The number of halogens is 4. The van der Waals surface area contributed by atoms with Crippen LogP contribution < -0.4 is 10.6 Å². The lowest BCUT2D eigenvalue weighted by molar-refractivity contribution is 0.166. The van der Waals surface area contributed by atoms with Crippen LogP contribution in [-0.4, -0.2) is 49.1 Å². The summed E-state index contributed by atoms with van der Waals surface area (Å²) < 4.78 is 55.3. The minimum Gasteiger partial charge on any atom is -0.370 e. The van der Waals surface area contributed by atoms with Crippen LogP contribution in [0.1, 0.15) is 140 Å². The Kier molecular flexibility index (Phi) is 27.6. The molecule has 0 spiro atoms. The lowest BCUT2D eigenvalue weighted by Gasteiger charge is -2.35. The Morgan fingerprint density at radius 2 is 1.59 bits per heavy atom. The van der Waals surface area contributed by atoms with E-state index in [2.05, 4.69) is 104 Å². The maximum atomic E-state index is 14.1. The predicted molar refractivity (Wildman–Crippen MR) is 293 cm³/mol. The number of anilines is 1. The Balaban J connectivity index is 0.000000654. The standard InChI is InChI=1S/C44H46F4N4S.C6H15N.C6H10.C4H10/c1-28(29(2)17-18-37-42(47)39(45)24-40(46)43(37)48)10-7-11-32-12-9-21-51(26-32)22-19-30(3)52-23-20-36-38(25-49)44(53-41(36)27-52)50-31(4)34-16-8-14-33-13-5-6-15-35(33)34;1-3-5-6-7-4-2;1-3-5-6-4-2;1-3-4-2/h5-6,8,10,13-16,24,32,50H,2-4,7,9,11-12,17-23,26-27H2,1H3;7H,3-6H2,1-2H3;3-6H,1-2H3;3-4H2,1-2H3/b28-10+;;5-3-,6-4+;. The summed E-state index contributed by atoms with van der Waals surface area (Å²) in [7, 11) is 0. The van der Waals surface area contributed by atoms with Gasteiger partial charge in [0.25, 0.3) is 0 Å². The highest BCUT2D eigenvalue weighted by molar-refractivity contribution is 7.16. The van der Waals surface area contributed by atoms with E-state index in [4.69, 9.17) is 0 Å². The molecule has 3 aromatic carbocycles. The monoisotopic (exact) mass is 980 g/mol. The number of hydrogen-bond acceptors (Lipinski definition) is 6. The second-order valence-electron chi connectivity index (χ2n) is 18.0. The van der Waals surface area contributed by atoms with Crippen molar-refractivity contribution in [2.75, 3.05) is 44.6 Å². The average molecular weight is 980 g/mol. The third-order valence-corrected chi connectivity index (χ3v) is 13.9. The van der Waals surface area contributed by atoms with E-state index in [0.29, 0.717) is 11.5 Å². The largest absolute Gasteiger partial charge is 0.370 e. The fourth-order valence-electron chi connectivity index (χ4n) is 8.30. The molecule has 0 amide bonds. The van der Waals surface area contributed by atoms with Crippen LogP contribution in [0.2, 0.25) is 0 Å². The number of fused-ring (bicyclic) bond motifs is 2. The fraction of sp³-hybridized carbons (Fsp3) is 0.450. The SMILES string of the molecule is C/C=C\C=C\C.C=C(CCc1c(F)c(F)cc(F)c1F)/C(C)=C/CCC1CCCN(CCC(=C)N2CCc3c(sc(NC(=C)c4cccc5ccccc45)c3C#N)C2)C1.CCCC.CCCCNCC. The molecule has 380 valence electrons. The Labute approximate surface area is 423 Å². The quantitative estimate of drug-likeness (QED) is 0.0400. The van der Waals surface area contributed by atoms with Crippen molar-refractivity contribution in [2.45, 2.75) is 132 Å². The van der Waals surface area contributed by atoms with E-state index in [1.54, 1.807) is 11.3 Å². The Morgan fingerprint density at radius 1 is 0.900 bits per heavy atom. The number of piperidine rings is 1. The van der Waals surface area contributed by atoms with Crippen LogP contribution in [0, 0.1) is 40.5 Å². The summed E-state index contributed by atoms with van der Waals surface area (Å²) >= 11 is 1.64. The van der Waals surface area contributed by atoms with Crippen LogP contribution in [0.15, 0.2) is 115 Å². The molecule has 2 aliphatic heterocycles. The summed E-state index contributed by atoms with van der Waals surface area (Å²) in [5.41, 5.74) is 5.83. The molecule has 2 aliphatic rings. The van der Waals surface area contributed by atoms with Gasteiger partial charge in [-0.1, -0.05) is 151 Å². The molecule has 3 heterocycles. The zero-order valence-corrected chi connectivity index (χ0v) is 44.2. The highest BCUT2D eigenvalue weighted by Crippen LogP contribution is 2.39. The zero-order valence-electron chi connectivity index (χ0n) is 43.4. The lowest BCUT2D eigenvalue weighted by atomic mass is 9.92. The van der Waals surface area contributed by atoms with E-state index in [-0.39, 0.29) is 18.9 Å². The second kappa shape index (κ2) is 32.6. The molecular formula is C60H81F4N5S. The molecule has 1 saturated heterocycles. The van der Waals surface area contributed by atoms with Gasteiger partial charge in [0, 0.05) is 53.1 Å². The van der Waals surface area contributed by atoms with Gasteiger partial charge in [-0.25, -0.2) is 17.6 Å². The lowest BCUT2D eigenvalue weighted by Crippen LogP contribution is -2.37. The van der Waals surface area contributed by atoms with Crippen LogP contribution in [0.5, 0.6) is 0 Å². The van der Waals surface area contributed by atoms with Crippen LogP contribution in [0.25, 0.3) is 16.5 Å². The number of likely N-dealkylation sites (tertiary alicyclic amines) is 1. The van der Waals surface area contributed by atoms with E-state index in [1.807, 2.05) is 63.3 Å². The van der Waals surface area contributed by atoms with Gasteiger partial charge in [0.2, 0.25) is 0 Å². The number of allylic oxidation sites excluding steroid dienone is 7. The first-order chi connectivity index (χ1) is 33.8.